The molecule has 9 nitrogen and oxygen atoms in total. The van der Waals surface area contributed by atoms with E-state index in [2.05, 4.69) is 20.8 Å². The fourth-order valence-corrected chi connectivity index (χ4v) is 4.74. The summed E-state index contributed by atoms with van der Waals surface area (Å²) in [6, 6.07) is 10.6. The van der Waals surface area contributed by atoms with Crippen LogP contribution in [-0.2, 0) is 11.3 Å². The van der Waals surface area contributed by atoms with Gasteiger partial charge in [-0.05, 0) is 62.1 Å². The maximum Gasteiger partial charge on any atom is 0.252 e. The van der Waals surface area contributed by atoms with E-state index in [4.69, 9.17) is 9.47 Å². The summed E-state index contributed by atoms with van der Waals surface area (Å²) in [5.74, 6) is 1.74. The predicted molar refractivity (Wildman–Crippen MR) is 139 cm³/mol. The van der Waals surface area contributed by atoms with Crippen molar-refractivity contribution in [2.24, 2.45) is 5.92 Å². The van der Waals surface area contributed by atoms with E-state index in [1.54, 1.807) is 18.2 Å². The van der Waals surface area contributed by atoms with Crippen LogP contribution in [0.15, 0.2) is 41.6 Å². The Morgan fingerprint density at radius 2 is 1.89 bits per heavy atom. The first kappa shape index (κ1) is 25.6. The van der Waals surface area contributed by atoms with Crippen LogP contribution in [0.3, 0.4) is 0 Å². The minimum absolute atomic E-state index is 0.0582. The molecule has 1 atom stereocenters. The molecular weight excluding hydrogens is 478 g/mol. The highest BCUT2D eigenvalue weighted by molar-refractivity contribution is 7.99. The number of ether oxygens (including phenoxy) is 2. The van der Waals surface area contributed by atoms with Crippen LogP contribution in [0.1, 0.15) is 54.1 Å². The molecule has 2 heterocycles. The number of carbonyl (C=O) groups is 2. The molecule has 2 amide bonds. The number of hydrogen-bond acceptors (Lipinski definition) is 7. The van der Waals surface area contributed by atoms with Gasteiger partial charge in [0.15, 0.2) is 22.5 Å². The molecule has 4 rings (SSSR count). The molecule has 0 saturated carbocycles. The van der Waals surface area contributed by atoms with E-state index >= 15 is 0 Å². The van der Waals surface area contributed by atoms with Gasteiger partial charge >= 0.3 is 0 Å². The van der Waals surface area contributed by atoms with Gasteiger partial charge in [0, 0.05) is 17.8 Å². The summed E-state index contributed by atoms with van der Waals surface area (Å²) in [6.07, 6.45) is 0. The maximum absolute atomic E-state index is 13.1. The van der Waals surface area contributed by atoms with Crippen molar-refractivity contribution < 1.29 is 19.1 Å². The van der Waals surface area contributed by atoms with E-state index in [0.29, 0.717) is 34.6 Å². The number of carbonyl (C=O) groups excluding carboxylic acids is 2. The summed E-state index contributed by atoms with van der Waals surface area (Å²) in [5.41, 5.74) is 3.46. The molecule has 0 radical (unpaired) electrons. The molecule has 1 aromatic heterocycles. The van der Waals surface area contributed by atoms with Gasteiger partial charge in [0.2, 0.25) is 12.7 Å². The number of aryl methyl sites for hydroxylation is 1. The average molecular weight is 510 g/mol. The molecule has 0 spiro atoms. The quantitative estimate of drug-likeness (QED) is 0.409. The second-order valence-corrected chi connectivity index (χ2v) is 9.88. The lowest BCUT2D eigenvalue weighted by Crippen LogP contribution is -2.33. The molecule has 36 heavy (non-hydrogen) atoms. The summed E-state index contributed by atoms with van der Waals surface area (Å²) < 4.78 is 12.7. The molecular formula is C26H31N5O4S. The van der Waals surface area contributed by atoms with Crippen molar-refractivity contribution >= 4 is 29.3 Å². The van der Waals surface area contributed by atoms with Crippen LogP contribution in [0, 0.1) is 19.8 Å². The van der Waals surface area contributed by atoms with Gasteiger partial charge in [0.05, 0.1) is 11.8 Å². The Labute approximate surface area is 215 Å². The number of rotatable bonds is 9. The zero-order valence-electron chi connectivity index (χ0n) is 21.1. The van der Waals surface area contributed by atoms with Crippen LogP contribution in [0.4, 0.5) is 5.69 Å². The number of fused-ring (bicyclic) bond motifs is 1. The molecule has 0 bridgehead atoms. The van der Waals surface area contributed by atoms with Crippen LogP contribution in [0.25, 0.3) is 0 Å². The lowest BCUT2D eigenvalue weighted by Gasteiger charge is -2.22. The maximum atomic E-state index is 13.1. The average Bonchev–Trinajstić information content (AvgIpc) is 3.49. The van der Waals surface area contributed by atoms with Crippen molar-refractivity contribution in [3.63, 3.8) is 0 Å². The van der Waals surface area contributed by atoms with Crippen LogP contribution < -0.4 is 20.1 Å². The highest BCUT2D eigenvalue weighted by Crippen LogP contribution is 2.33. The largest absolute Gasteiger partial charge is 0.454 e. The van der Waals surface area contributed by atoms with E-state index in [0.717, 1.165) is 16.8 Å². The summed E-state index contributed by atoms with van der Waals surface area (Å²) in [6.45, 7) is 10.8. The molecule has 10 heteroatoms. The third-order valence-electron chi connectivity index (χ3n) is 6.14. The van der Waals surface area contributed by atoms with Crippen molar-refractivity contribution in [2.45, 2.75) is 52.4 Å². The Bertz CT molecular complexity index is 1270. The number of benzene rings is 2. The summed E-state index contributed by atoms with van der Waals surface area (Å²) in [4.78, 5) is 25.7. The molecule has 0 aliphatic carbocycles. The number of nitrogens with one attached hydrogen (secondary N) is 2. The third-order valence-corrected chi connectivity index (χ3v) is 7.11. The van der Waals surface area contributed by atoms with Crippen molar-refractivity contribution in [3.05, 3.63) is 58.9 Å². The molecule has 0 saturated heterocycles. The fraction of sp³-hybridized carbons (Fsp3) is 0.385. The van der Waals surface area contributed by atoms with Gasteiger partial charge in [-0.2, -0.15) is 0 Å². The van der Waals surface area contributed by atoms with Crippen molar-refractivity contribution in [2.75, 3.05) is 17.9 Å². The molecule has 1 unspecified atom stereocenters. The first-order valence-corrected chi connectivity index (χ1v) is 12.9. The minimum Gasteiger partial charge on any atom is -0.454 e. The van der Waals surface area contributed by atoms with Gasteiger partial charge in [-0.25, -0.2) is 0 Å². The van der Waals surface area contributed by atoms with E-state index < -0.39 is 0 Å². The Hall–Kier alpha value is -3.53. The Morgan fingerprint density at radius 3 is 2.64 bits per heavy atom. The van der Waals surface area contributed by atoms with Crippen molar-refractivity contribution in [1.82, 2.24) is 20.1 Å². The Balaban J connectivity index is 1.45. The van der Waals surface area contributed by atoms with Gasteiger partial charge in [-0.15, -0.1) is 10.2 Å². The number of aromatic nitrogens is 3. The Kier molecular flexibility index (Phi) is 7.83. The first-order valence-electron chi connectivity index (χ1n) is 11.9. The summed E-state index contributed by atoms with van der Waals surface area (Å²) >= 11 is 1.32. The standard InChI is InChI=1S/C26H31N5O4S/c1-6-31-24(23(15(2)3)28-25(33)18-10-11-20-21(12-18)35-14-34-20)29-30-26(31)36-13-22(32)27-19-9-7-8-16(4)17(19)5/h7-12,15,23H,6,13-14H2,1-5H3,(H,27,32)(H,28,33). The van der Waals surface area contributed by atoms with E-state index in [1.165, 1.54) is 11.8 Å². The topological polar surface area (TPSA) is 107 Å². The first-order chi connectivity index (χ1) is 17.3. The molecule has 2 aromatic carbocycles. The fourth-order valence-electron chi connectivity index (χ4n) is 3.93. The van der Waals surface area contributed by atoms with E-state index in [9.17, 15) is 9.59 Å². The number of anilines is 1. The Morgan fingerprint density at radius 1 is 1.11 bits per heavy atom. The second kappa shape index (κ2) is 11.0. The van der Waals surface area contributed by atoms with Gasteiger partial charge in [-0.3, -0.25) is 9.59 Å². The summed E-state index contributed by atoms with van der Waals surface area (Å²) in [5, 5.41) is 15.4. The second-order valence-electron chi connectivity index (χ2n) is 8.93. The molecule has 3 aromatic rings. The lowest BCUT2D eigenvalue weighted by atomic mass is 10.0. The van der Waals surface area contributed by atoms with Gasteiger partial charge in [0.1, 0.15) is 0 Å². The number of hydrogen-bond donors (Lipinski definition) is 2. The van der Waals surface area contributed by atoms with Crippen LogP contribution >= 0.6 is 11.8 Å². The highest BCUT2D eigenvalue weighted by atomic mass is 32.2. The zero-order valence-corrected chi connectivity index (χ0v) is 21.9. The SMILES string of the molecule is CCn1c(SCC(=O)Nc2cccc(C)c2C)nnc1C(NC(=O)c1ccc2c(c1)OCO2)C(C)C. The summed E-state index contributed by atoms with van der Waals surface area (Å²) in [7, 11) is 0. The molecule has 1 aliphatic heterocycles. The van der Waals surface area contributed by atoms with Crippen LogP contribution in [0.5, 0.6) is 11.5 Å². The smallest absolute Gasteiger partial charge is 0.252 e. The monoisotopic (exact) mass is 509 g/mol. The molecule has 2 N–H and O–H groups in total. The van der Waals surface area contributed by atoms with Crippen LogP contribution in [0.2, 0.25) is 0 Å². The normalized spacial score (nSPS) is 13.1. The van der Waals surface area contributed by atoms with Crippen molar-refractivity contribution in [1.29, 1.82) is 0 Å². The van der Waals surface area contributed by atoms with Gasteiger partial charge < -0.3 is 24.7 Å². The van der Waals surface area contributed by atoms with Crippen molar-refractivity contribution in [3.8, 4) is 11.5 Å². The predicted octanol–water partition coefficient (Wildman–Crippen LogP) is 4.50. The lowest BCUT2D eigenvalue weighted by molar-refractivity contribution is -0.113. The van der Waals surface area contributed by atoms with E-state index in [1.807, 2.05) is 57.4 Å². The molecule has 190 valence electrons. The van der Waals surface area contributed by atoms with Gasteiger partial charge in [0.25, 0.3) is 5.91 Å². The van der Waals surface area contributed by atoms with Crippen LogP contribution in [-0.4, -0.2) is 39.1 Å². The van der Waals surface area contributed by atoms with E-state index in [-0.39, 0.29) is 36.3 Å². The number of thioether (sulfide) groups is 1. The molecule has 0 fully saturated rings. The molecule has 1 aliphatic rings. The minimum atomic E-state index is -0.367. The number of nitrogens with zero attached hydrogens (tertiary/aromatic N) is 3. The number of amides is 2. The highest BCUT2D eigenvalue weighted by Gasteiger charge is 2.27. The zero-order chi connectivity index (χ0) is 25.8. The third kappa shape index (κ3) is 5.48. The van der Waals surface area contributed by atoms with Gasteiger partial charge in [-0.1, -0.05) is 37.7 Å².